The zero-order chi connectivity index (χ0) is 18.6. The molecule has 25 heavy (non-hydrogen) atoms. The fourth-order valence-corrected chi connectivity index (χ4v) is 3.27. The lowest BCUT2D eigenvalue weighted by Crippen LogP contribution is -2.38. The molecule has 1 aromatic rings. The molecule has 0 aromatic heterocycles. The summed E-state index contributed by atoms with van der Waals surface area (Å²) in [6, 6.07) is 4.21. The molecule has 0 saturated carbocycles. The molecule has 1 saturated heterocycles. The van der Waals surface area contributed by atoms with Crippen LogP contribution in [0.5, 0.6) is 5.75 Å². The SMILES string of the molecule is CC(=O)N1CCCN(C(C(=O)O)c2cc(Cl)ccc2OC(C)C)CC1. The van der Waals surface area contributed by atoms with Gasteiger partial charge in [-0.15, -0.1) is 0 Å². The minimum atomic E-state index is -0.952. The Morgan fingerprint density at radius 3 is 2.52 bits per heavy atom. The number of halogens is 1. The number of amides is 1. The van der Waals surface area contributed by atoms with E-state index in [1.165, 1.54) is 6.92 Å². The molecule has 1 fully saturated rings. The van der Waals surface area contributed by atoms with Crippen molar-refractivity contribution in [2.24, 2.45) is 0 Å². The topological polar surface area (TPSA) is 70.1 Å². The molecule has 0 spiro atoms. The minimum absolute atomic E-state index is 0.0142. The van der Waals surface area contributed by atoms with Gasteiger partial charge in [-0.1, -0.05) is 11.6 Å². The van der Waals surface area contributed by atoms with Crippen molar-refractivity contribution >= 4 is 23.5 Å². The molecular weight excluding hydrogens is 344 g/mol. The Bertz CT molecular complexity index is 636. The van der Waals surface area contributed by atoms with Crippen LogP contribution in [-0.4, -0.2) is 59.1 Å². The lowest BCUT2D eigenvalue weighted by Gasteiger charge is -2.29. The maximum atomic E-state index is 12.1. The van der Waals surface area contributed by atoms with Crippen molar-refractivity contribution in [3.63, 3.8) is 0 Å². The third kappa shape index (κ3) is 5.09. The van der Waals surface area contributed by atoms with E-state index in [1.54, 1.807) is 23.1 Å². The standard InChI is InChI=1S/C18H25ClN2O4/c1-12(2)25-16-6-5-14(19)11-15(16)17(18(23)24)21-8-4-7-20(9-10-21)13(3)22/h5-6,11-12,17H,4,7-10H2,1-3H3,(H,23,24). The number of carbonyl (C=O) groups is 2. The largest absolute Gasteiger partial charge is 0.491 e. The monoisotopic (exact) mass is 368 g/mol. The Morgan fingerprint density at radius 2 is 1.92 bits per heavy atom. The van der Waals surface area contributed by atoms with E-state index >= 15 is 0 Å². The lowest BCUT2D eigenvalue weighted by molar-refractivity contribution is -0.143. The van der Waals surface area contributed by atoms with Crippen LogP contribution in [0, 0.1) is 0 Å². The first-order valence-electron chi connectivity index (χ1n) is 8.48. The zero-order valence-corrected chi connectivity index (χ0v) is 15.6. The number of carboxylic acids is 1. The van der Waals surface area contributed by atoms with Crippen LogP contribution in [0.2, 0.25) is 5.02 Å². The second kappa shape index (κ2) is 8.54. The van der Waals surface area contributed by atoms with Crippen LogP contribution in [0.15, 0.2) is 18.2 Å². The number of carbonyl (C=O) groups excluding carboxylic acids is 1. The molecule has 0 bridgehead atoms. The Balaban J connectivity index is 2.33. The maximum absolute atomic E-state index is 12.1. The average molecular weight is 369 g/mol. The Morgan fingerprint density at radius 1 is 1.20 bits per heavy atom. The van der Waals surface area contributed by atoms with Gasteiger partial charge in [0.1, 0.15) is 11.8 Å². The predicted octanol–water partition coefficient (Wildman–Crippen LogP) is 2.81. The van der Waals surface area contributed by atoms with Gasteiger partial charge >= 0.3 is 5.97 Å². The Hall–Kier alpha value is -1.79. The van der Waals surface area contributed by atoms with Crippen LogP contribution in [0.4, 0.5) is 0 Å². The Kier molecular flexibility index (Phi) is 6.67. The first-order valence-corrected chi connectivity index (χ1v) is 8.86. The molecule has 1 aliphatic heterocycles. The first kappa shape index (κ1) is 19.5. The van der Waals surface area contributed by atoms with Gasteiger partial charge in [-0.2, -0.15) is 0 Å². The third-order valence-corrected chi connectivity index (χ3v) is 4.44. The van der Waals surface area contributed by atoms with E-state index in [4.69, 9.17) is 16.3 Å². The second-order valence-electron chi connectivity index (χ2n) is 6.49. The normalized spacial score (nSPS) is 17.2. The van der Waals surface area contributed by atoms with E-state index in [-0.39, 0.29) is 12.0 Å². The summed E-state index contributed by atoms with van der Waals surface area (Å²) in [6.07, 6.45) is 0.649. The highest BCUT2D eigenvalue weighted by Crippen LogP contribution is 2.33. The van der Waals surface area contributed by atoms with E-state index in [0.717, 1.165) is 6.42 Å². The van der Waals surface area contributed by atoms with Gasteiger partial charge in [0.2, 0.25) is 5.91 Å². The Labute approximate surface area is 153 Å². The molecule has 1 aliphatic rings. The van der Waals surface area contributed by atoms with Gasteiger partial charge in [0.05, 0.1) is 6.10 Å². The van der Waals surface area contributed by atoms with Crippen molar-refractivity contribution in [2.45, 2.75) is 39.3 Å². The summed E-state index contributed by atoms with van der Waals surface area (Å²) >= 11 is 6.12. The summed E-state index contributed by atoms with van der Waals surface area (Å²) < 4.78 is 5.80. The molecule has 1 heterocycles. The number of hydrogen-bond donors (Lipinski definition) is 1. The molecule has 1 atom stereocenters. The second-order valence-corrected chi connectivity index (χ2v) is 6.92. The van der Waals surface area contributed by atoms with Crippen LogP contribution in [-0.2, 0) is 9.59 Å². The summed E-state index contributed by atoms with van der Waals surface area (Å²) in [5, 5.41) is 10.3. The fourth-order valence-electron chi connectivity index (χ4n) is 3.09. The quantitative estimate of drug-likeness (QED) is 0.865. The van der Waals surface area contributed by atoms with E-state index in [2.05, 4.69) is 0 Å². The molecule has 1 amide bonds. The number of carboxylic acid groups (broad SMARTS) is 1. The molecule has 1 aromatic carbocycles. The smallest absolute Gasteiger partial charge is 0.325 e. The van der Waals surface area contributed by atoms with Crippen molar-refractivity contribution < 1.29 is 19.4 Å². The summed E-state index contributed by atoms with van der Waals surface area (Å²) in [5.74, 6) is -0.410. The van der Waals surface area contributed by atoms with E-state index < -0.39 is 12.0 Å². The van der Waals surface area contributed by atoms with Crippen LogP contribution < -0.4 is 4.74 Å². The zero-order valence-electron chi connectivity index (χ0n) is 14.9. The maximum Gasteiger partial charge on any atom is 0.325 e. The molecule has 6 nitrogen and oxygen atoms in total. The highest BCUT2D eigenvalue weighted by Gasteiger charge is 2.32. The van der Waals surface area contributed by atoms with Crippen molar-refractivity contribution in [2.75, 3.05) is 26.2 Å². The molecular formula is C18H25ClN2O4. The van der Waals surface area contributed by atoms with Gasteiger partial charge in [0, 0.05) is 43.7 Å². The van der Waals surface area contributed by atoms with Crippen LogP contribution >= 0.6 is 11.6 Å². The predicted molar refractivity (Wildman–Crippen MR) is 96.0 cm³/mol. The molecule has 0 radical (unpaired) electrons. The van der Waals surface area contributed by atoms with E-state index in [1.807, 2.05) is 18.7 Å². The number of nitrogens with zero attached hydrogens (tertiary/aromatic N) is 2. The number of ether oxygens (including phenoxy) is 1. The number of hydrogen-bond acceptors (Lipinski definition) is 4. The average Bonchev–Trinajstić information content (AvgIpc) is 2.75. The summed E-state index contributed by atoms with van der Waals surface area (Å²) in [4.78, 5) is 27.3. The van der Waals surface area contributed by atoms with Gasteiger partial charge in [-0.05, 0) is 38.5 Å². The molecule has 1 unspecified atom stereocenters. The molecule has 0 aliphatic carbocycles. The molecule has 2 rings (SSSR count). The number of rotatable bonds is 5. The van der Waals surface area contributed by atoms with Crippen LogP contribution in [0.1, 0.15) is 38.8 Å². The molecule has 138 valence electrons. The van der Waals surface area contributed by atoms with E-state index in [9.17, 15) is 14.7 Å². The minimum Gasteiger partial charge on any atom is -0.491 e. The van der Waals surface area contributed by atoms with Gasteiger partial charge in [0.15, 0.2) is 0 Å². The van der Waals surface area contributed by atoms with Crippen molar-refractivity contribution in [3.8, 4) is 5.75 Å². The van der Waals surface area contributed by atoms with Gasteiger partial charge in [0.25, 0.3) is 0 Å². The van der Waals surface area contributed by atoms with Gasteiger partial charge in [-0.3, -0.25) is 14.5 Å². The van der Waals surface area contributed by atoms with Crippen molar-refractivity contribution in [1.82, 2.24) is 9.80 Å². The van der Waals surface area contributed by atoms with Crippen molar-refractivity contribution in [3.05, 3.63) is 28.8 Å². The molecule has 1 N–H and O–H groups in total. The summed E-state index contributed by atoms with van der Waals surface area (Å²) in [5.41, 5.74) is 0.546. The lowest BCUT2D eigenvalue weighted by atomic mass is 10.0. The highest BCUT2D eigenvalue weighted by molar-refractivity contribution is 6.30. The number of benzene rings is 1. The third-order valence-electron chi connectivity index (χ3n) is 4.20. The fraction of sp³-hybridized carbons (Fsp3) is 0.556. The van der Waals surface area contributed by atoms with Gasteiger partial charge in [-0.25, -0.2) is 0 Å². The first-order chi connectivity index (χ1) is 11.8. The molecule has 7 heteroatoms. The number of aliphatic carboxylic acids is 1. The van der Waals surface area contributed by atoms with E-state index in [0.29, 0.717) is 42.5 Å². The van der Waals surface area contributed by atoms with Crippen LogP contribution in [0.3, 0.4) is 0 Å². The highest BCUT2D eigenvalue weighted by atomic mass is 35.5. The summed E-state index contributed by atoms with van der Waals surface area (Å²) in [6.45, 7) is 7.56. The summed E-state index contributed by atoms with van der Waals surface area (Å²) in [7, 11) is 0. The van der Waals surface area contributed by atoms with Gasteiger partial charge < -0.3 is 14.7 Å². The van der Waals surface area contributed by atoms with Crippen LogP contribution in [0.25, 0.3) is 0 Å². The van der Waals surface area contributed by atoms with Crippen molar-refractivity contribution in [1.29, 1.82) is 0 Å².